The summed E-state index contributed by atoms with van der Waals surface area (Å²) >= 11 is 6.22. The van der Waals surface area contributed by atoms with Gasteiger partial charge in [0.05, 0.1) is 9.48 Å². The van der Waals surface area contributed by atoms with Crippen molar-refractivity contribution in [1.82, 2.24) is 14.5 Å². The average molecular weight is 360 g/mol. The molecule has 0 atom stereocenters. The van der Waals surface area contributed by atoms with Gasteiger partial charge in [0.2, 0.25) is 0 Å². The van der Waals surface area contributed by atoms with E-state index in [1.54, 1.807) is 23.3 Å². The predicted octanol–water partition coefficient (Wildman–Crippen LogP) is 3.76. The second-order valence-corrected chi connectivity index (χ2v) is 7.61. The summed E-state index contributed by atoms with van der Waals surface area (Å²) in [7, 11) is 1.80. The van der Waals surface area contributed by atoms with E-state index < -0.39 is 0 Å². The van der Waals surface area contributed by atoms with Crippen molar-refractivity contribution < 1.29 is 4.79 Å². The minimum atomic E-state index is -0.0129. The Morgan fingerprint density at radius 1 is 1.53 bits per heavy atom. The first-order valence-corrected chi connectivity index (χ1v) is 8.24. The van der Waals surface area contributed by atoms with Gasteiger partial charge in [-0.05, 0) is 50.4 Å². The number of halogens is 1. The topological polar surface area (TPSA) is 46.1 Å². The molecule has 2 heterocycles. The van der Waals surface area contributed by atoms with Crippen LogP contribution in [0, 0.1) is 0 Å². The van der Waals surface area contributed by atoms with Crippen LogP contribution >= 0.6 is 38.8 Å². The van der Waals surface area contributed by atoms with Crippen LogP contribution in [0.2, 0.25) is 0 Å². The third-order valence-electron chi connectivity index (χ3n) is 2.64. The Balaban J connectivity index is 2.12. The number of aromatic nitrogens is 2. The molecule has 0 unspecified atom stereocenters. The molecule has 2 aromatic rings. The molecular weight excluding hydrogens is 346 g/mol. The van der Waals surface area contributed by atoms with Gasteiger partial charge < -0.3 is 4.90 Å². The van der Waals surface area contributed by atoms with Crippen molar-refractivity contribution in [1.29, 1.82) is 0 Å². The molecule has 2 rings (SSSR count). The molecule has 0 saturated heterocycles. The van der Waals surface area contributed by atoms with Gasteiger partial charge in [-0.2, -0.15) is 0 Å². The van der Waals surface area contributed by atoms with E-state index >= 15 is 0 Å². The lowest BCUT2D eigenvalue weighted by Crippen LogP contribution is -2.26. The number of carbonyl (C=O) groups excluding carboxylic acids is 1. The molecule has 0 saturated carbocycles. The Morgan fingerprint density at radius 3 is 2.84 bits per heavy atom. The molecule has 2 aromatic heterocycles. The van der Waals surface area contributed by atoms with Crippen LogP contribution in [0.4, 0.5) is 0 Å². The zero-order chi connectivity index (χ0) is 14.0. The molecule has 1 amide bonds. The maximum atomic E-state index is 12.4. The second-order valence-electron chi connectivity index (χ2n) is 4.56. The molecule has 4 nitrogen and oxygen atoms in total. The molecule has 7 heteroatoms. The monoisotopic (exact) mass is 359 g/mol. The van der Waals surface area contributed by atoms with E-state index in [2.05, 4.69) is 25.5 Å². The van der Waals surface area contributed by atoms with E-state index in [1.165, 1.54) is 11.5 Å². The molecule has 0 bridgehead atoms. The maximum absolute atomic E-state index is 12.4. The Labute approximate surface area is 128 Å². The highest BCUT2D eigenvalue weighted by molar-refractivity contribution is 9.11. The van der Waals surface area contributed by atoms with Gasteiger partial charge in [-0.25, -0.2) is 0 Å². The summed E-state index contributed by atoms with van der Waals surface area (Å²) in [6.07, 6.45) is 0. The van der Waals surface area contributed by atoms with Crippen molar-refractivity contribution in [3.8, 4) is 0 Å². The predicted molar refractivity (Wildman–Crippen MR) is 81.8 cm³/mol. The normalized spacial score (nSPS) is 11.0. The standard InChI is InChI=1S/C12H14BrN3OS2/c1-7(2)10-11(19-15-14-10)12(17)16(3)5-8-4-9(13)18-6-8/h4,6-7H,5H2,1-3H3. The first-order valence-electron chi connectivity index (χ1n) is 5.79. The molecule has 0 aromatic carbocycles. The van der Waals surface area contributed by atoms with Gasteiger partial charge in [-0.1, -0.05) is 18.3 Å². The van der Waals surface area contributed by atoms with Crippen LogP contribution in [-0.4, -0.2) is 27.4 Å². The lowest BCUT2D eigenvalue weighted by Gasteiger charge is -2.16. The summed E-state index contributed by atoms with van der Waals surface area (Å²) < 4.78 is 4.97. The minimum absolute atomic E-state index is 0.0129. The van der Waals surface area contributed by atoms with Gasteiger partial charge in [0.1, 0.15) is 4.88 Å². The zero-order valence-corrected chi connectivity index (χ0v) is 14.1. The van der Waals surface area contributed by atoms with Crippen molar-refractivity contribution in [2.45, 2.75) is 26.3 Å². The highest BCUT2D eigenvalue weighted by Gasteiger charge is 2.21. The number of amides is 1. The second kappa shape index (κ2) is 6.11. The molecule has 0 N–H and O–H groups in total. The fourth-order valence-corrected chi connectivity index (χ4v) is 3.69. The summed E-state index contributed by atoms with van der Waals surface area (Å²) in [5.41, 5.74) is 1.91. The molecule has 102 valence electrons. The van der Waals surface area contributed by atoms with Crippen molar-refractivity contribution >= 4 is 44.7 Å². The lowest BCUT2D eigenvalue weighted by atomic mass is 10.1. The maximum Gasteiger partial charge on any atom is 0.267 e. The number of hydrogen-bond donors (Lipinski definition) is 0. The van der Waals surface area contributed by atoms with Crippen LogP contribution < -0.4 is 0 Å². The van der Waals surface area contributed by atoms with Crippen molar-refractivity contribution in [2.75, 3.05) is 7.05 Å². The van der Waals surface area contributed by atoms with Gasteiger partial charge in [-0.15, -0.1) is 16.4 Å². The summed E-state index contributed by atoms with van der Waals surface area (Å²) in [6.45, 7) is 4.63. The Morgan fingerprint density at radius 2 is 2.26 bits per heavy atom. The average Bonchev–Trinajstić information content (AvgIpc) is 2.97. The number of nitrogens with zero attached hydrogens (tertiary/aromatic N) is 3. The van der Waals surface area contributed by atoms with Crippen LogP contribution in [0.5, 0.6) is 0 Å². The van der Waals surface area contributed by atoms with E-state index in [-0.39, 0.29) is 11.8 Å². The van der Waals surface area contributed by atoms with Crippen LogP contribution in [0.15, 0.2) is 15.2 Å². The minimum Gasteiger partial charge on any atom is -0.337 e. The number of hydrogen-bond acceptors (Lipinski definition) is 5. The van der Waals surface area contributed by atoms with Crippen molar-refractivity contribution in [3.05, 3.63) is 31.4 Å². The quantitative estimate of drug-likeness (QED) is 0.834. The molecule has 0 fully saturated rings. The summed E-state index contributed by atoms with van der Waals surface area (Å²) in [5.74, 6) is 0.197. The Bertz CT molecular complexity index is 579. The van der Waals surface area contributed by atoms with Gasteiger partial charge in [0.15, 0.2) is 0 Å². The van der Waals surface area contributed by atoms with E-state index in [4.69, 9.17) is 0 Å². The van der Waals surface area contributed by atoms with Gasteiger partial charge in [-0.3, -0.25) is 4.79 Å². The van der Waals surface area contributed by atoms with E-state index in [1.807, 2.05) is 25.3 Å². The van der Waals surface area contributed by atoms with E-state index in [0.717, 1.165) is 15.0 Å². The molecule has 0 aliphatic rings. The fraction of sp³-hybridized carbons (Fsp3) is 0.417. The number of thiophene rings is 1. The molecule has 0 aliphatic carbocycles. The van der Waals surface area contributed by atoms with Crippen molar-refractivity contribution in [2.24, 2.45) is 0 Å². The van der Waals surface area contributed by atoms with Gasteiger partial charge >= 0.3 is 0 Å². The molecule has 0 aliphatic heterocycles. The molecule has 19 heavy (non-hydrogen) atoms. The van der Waals surface area contributed by atoms with Crippen LogP contribution in [0.3, 0.4) is 0 Å². The van der Waals surface area contributed by atoms with Gasteiger partial charge in [0.25, 0.3) is 5.91 Å². The molecule has 0 spiro atoms. The third kappa shape index (κ3) is 3.40. The molecular formula is C12H14BrN3OS2. The smallest absolute Gasteiger partial charge is 0.267 e. The largest absolute Gasteiger partial charge is 0.337 e. The van der Waals surface area contributed by atoms with Crippen LogP contribution in [-0.2, 0) is 6.54 Å². The third-order valence-corrected chi connectivity index (χ3v) is 4.93. The van der Waals surface area contributed by atoms with E-state index in [9.17, 15) is 4.79 Å². The molecule has 0 radical (unpaired) electrons. The highest BCUT2D eigenvalue weighted by Crippen LogP contribution is 2.24. The number of carbonyl (C=O) groups is 1. The fourth-order valence-electron chi connectivity index (χ4n) is 1.67. The van der Waals surface area contributed by atoms with E-state index in [0.29, 0.717) is 11.4 Å². The first kappa shape index (κ1) is 14.6. The van der Waals surface area contributed by atoms with Gasteiger partial charge in [0, 0.05) is 13.6 Å². The summed E-state index contributed by atoms with van der Waals surface area (Å²) in [4.78, 5) is 14.7. The van der Waals surface area contributed by atoms with Crippen LogP contribution in [0.25, 0.3) is 0 Å². The number of rotatable bonds is 4. The highest BCUT2D eigenvalue weighted by atomic mass is 79.9. The Hall–Kier alpha value is -0.790. The SMILES string of the molecule is CC(C)c1nnsc1C(=O)N(C)Cc1csc(Br)c1. The van der Waals surface area contributed by atoms with Crippen LogP contribution in [0.1, 0.15) is 40.7 Å². The first-order chi connectivity index (χ1) is 8.99. The van der Waals surface area contributed by atoms with Crippen molar-refractivity contribution in [3.63, 3.8) is 0 Å². The zero-order valence-electron chi connectivity index (χ0n) is 10.9. The Kier molecular flexibility index (Phi) is 4.70. The summed E-state index contributed by atoms with van der Waals surface area (Å²) in [6, 6.07) is 2.03. The lowest BCUT2D eigenvalue weighted by molar-refractivity contribution is 0.0788. The summed E-state index contributed by atoms with van der Waals surface area (Å²) in [5, 5.41) is 6.09.